The maximum Gasteiger partial charge on any atom is 0.312 e. The molecule has 0 aliphatic heterocycles. The Labute approximate surface area is 206 Å². The molecule has 0 amide bonds. The molecule has 4 nitrogen and oxygen atoms in total. The van der Waals surface area contributed by atoms with Gasteiger partial charge in [-0.05, 0) is 113 Å². The van der Waals surface area contributed by atoms with Crippen molar-refractivity contribution < 1.29 is 20.1 Å². The van der Waals surface area contributed by atoms with Crippen LogP contribution in [-0.2, 0) is 4.79 Å². The molecule has 0 unspecified atom stereocenters. The van der Waals surface area contributed by atoms with Crippen LogP contribution in [0.1, 0.15) is 106 Å². The summed E-state index contributed by atoms with van der Waals surface area (Å²) in [5.41, 5.74) is 3.45. The van der Waals surface area contributed by atoms with Crippen LogP contribution in [0, 0.1) is 39.4 Å². The first-order valence-corrected chi connectivity index (χ1v) is 13.7. The van der Waals surface area contributed by atoms with Gasteiger partial charge in [0, 0.05) is 0 Å². The van der Waals surface area contributed by atoms with Gasteiger partial charge in [-0.25, -0.2) is 0 Å². The van der Waals surface area contributed by atoms with Gasteiger partial charge in [0.15, 0.2) is 0 Å². The lowest BCUT2D eigenvalue weighted by atomic mass is 9.43. The van der Waals surface area contributed by atoms with Crippen LogP contribution in [0.4, 0.5) is 0 Å². The summed E-state index contributed by atoms with van der Waals surface area (Å²) in [6.07, 6.45) is 9.54. The zero-order valence-corrected chi connectivity index (χ0v) is 22.6. The van der Waals surface area contributed by atoms with Crippen molar-refractivity contribution in [1.82, 2.24) is 0 Å². The SMILES string of the molecule is CC(C)=CC[C@@H](O)[C@H](C)[C@H]1CC[C@@]2(C)C3=C(CC[C@]12C)[C@@]1(C)CC[C@@H](O)[C@@](C)(C(=O)O)[C@@H]1CC3. The van der Waals surface area contributed by atoms with E-state index in [1.165, 1.54) is 11.1 Å². The number of aliphatic hydroxyl groups is 2. The molecular formula is C30H48O4. The maximum absolute atomic E-state index is 12.4. The molecule has 0 bridgehead atoms. The van der Waals surface area contributed by atoms with Gasteiger partial charge in [0.05, 0.1) is 17.6 Å². The third-order valence-corrected chi connectivity index (χ3v) is 11.9. The average Bonchev–Trinajstić information content (AvgIpc) is 3.05. The lowest BCUT2D eigenvalue weighted by molar-refractivity contribution is -0.175. The number of hydrogen-bond acceptors (Lipinski definition) is 3. The van der Waals surface area contributed by atoms with Gasteiger partial charge in [-0.15, -0.1) is 0 Å². The molecular weight excluding hydrogens is 424 g/mol. The number of aliphatic carboxylic acids is 1. The van der Waals surface area contributed by atoms with Crippen LogP contribution < -0.4 is 0 Å². The van der Waals surface area contributed by atoms with E-state index in [2.05, 4.69) is 47.6 Å². The molecule has 4 aliphatic rings. The lowest BCUT2D eigenvalue weighted by Gasteiger charge is -2.61. The first-order chi connectivity index (χ1) is 15.7. The highest BCUT2D eigenvalue weighted by atomic mass is 16.4. The molecule has 4 aliphatic carbocycles. The summed E-state index contributed by atoms with van der Waals surface area (Å²) in [7, 11) is 0. The number of carboxylic acids is 1. The Kier molecular flexibility index (Phi) is 6.47. The van der Waals surface area contributed by atoms with Gasteiger partial charge >= 0.3 is 5.97 Å². The minimum atomic E-state index is -1.07. The molecule has 3 N–H and O–H groups in total. The summed E-state index contributed by atoms with van der Waals surface area (Å²) in [5.74, 6) is -0.103. The Morgan fingerprint density at radius 1 is 1.03 bits per heavy atom. The molecule has 2 saturated carbocycles. The van der Waals surface area contributed by atoms with Crippen LogP contribution in [0.3, 0.4) is 0 Å². The van der Waals surface area contributed by atoms with Crippen LogP contribution in [0.25, 0.3) is 0 Å². The second-order valence-electron chi connectivity index (χ2n) is 13.4. The molecule has 0 aromatic heterocycles. The van der Waals surface area contributed by atoms with E-state index in [1.54, 1.807) is 12.5 Å². The van der Waals surface area contributed by atoms with Crippen molar-refractivity contribution >= 4 is 5.97 Å². The molecule has 0 spiro atoms. The smallest absolute Gasteiger partial charge is 0.312 e. The predicted octanol–water partition coefficient (Wildman–Crippen LogP) is 6.51. The van der Waals surface area contributed by atoms with Gasteiger partial charge in [-0.3, -0.25) is 4.79 Å². The van der Waals surface area contributed by atoms with Gasteiger partial charge in [0.25, 0.3) is 0 Å². The quantitative estimate of drug-likeness (QED) is 0.398. The Hall–Kier alpha value is -1.13. The topological polar surface area (TPSA) is 77.8 Å². The fourth-order valence-corrected chi connectivity index (χ4v) is 9.39. The summed E-state index contributed by atoms with van der Waals surface area (Å²) in [5, 5.41) is 32.0. The molecule has 0 aromatic rings. The Morgan fingerprint density at radius 3 is 2.32 bits per heavy atom. The normalized spacial score (nSPS) is 45.6. The van der Waals surface area contributed by atoms with Gasteiger partial charge in [0.2, 0.25) is 0 Å². The predicted molar refractivity (Wildman–Crippen MR) is 136 cm³/mol. The van der Waals surface area contributed by atoms with E-state index in [0.29, 0.717) is 12.3 Å². The van der Waals surface area contributed by atoms with Gasteiger partial charge in [0.1, 0.15) is 0 Å². The van der Waals surface area contributed by atoms with Crippen molar-refractivity contribution in [3.8, 4) is 0 Å². The van der Waals surface area contributed by atoms with Crippen molar-refractivity contribution in [2.24, 2.45) is 39.4 Å². The molecule has 4 rings (SSSR count). The van der Waals surface area contributed by atoms with Crippen molar-refractivity contribution in [2.45, 2.75) is 118 Å². The highest BCUT2D eigenvalue weighted by Crippen LogP contribution is 2.72. The van der Waals surface area contributed by atoms with Gasteiger partial charge < -0.3 is 15.3 Å². The summed E-state index contributed by atoms with van der Waals surface area (Å²) in [6, 6.07) is 0. The molecule has 0 heterocycles. The van der Waals surface area contributed by atoms with E-state index in [4.69, 9.17) is 0 Å². The Morgan fingerprint density at radius 2 is 1.71 bits per heavy atom. The third kappa shape index (κ3) is 3.41. The second kappa shape index (κ2) is 8.47. The van der Waals surface area contributed by atoms with E-state index in [9.17, 15) is 20.1 Å². The third-order valence-electron chi connectivity index (χ3n) is 11.9. The zero-order valence-electron chi connectivity index (χ0n) is 22.6. The lowest BCUT2D eigenvalue weighted by Crippen LogP contribution is -2.58. The van der Waals surface area contributed by atoms with E-state index in [1.807, 2.05) is 0 Å². The molecule has 0 aromatic carbocycles. The molecule has 0 saturated heterocycles. The van der Waals surface area contributed by atoms with Crippen LogP contribution in [0.5, 0.6) is 0 Å². The van der Waals surface area contributed by atoms with Crippen LogP contribution in [0.15, 0.2) is 22.8 Å². The standard InChI is InChI=1S/C30H48O4/c1-18(2)8-10-23(31)19(3)20-12-16-29(6)22-9-11-24-27(4,21(22)13-17-28(20,29)5)15-14-25(32)30(24,7)26(33)34/h8,19-20,23-25,31-32H,9-17H2,1-7H3,(H,33,34)/t19-,20-,23-,24-,25-,27-,28-,29+,30+/m1/s1. The fraction of sp³-hybridized carbons (Fsp3) is 0.833. The van der Waals surface area contributed by atoms with Gasteiger partial charge in [-0.2, -0.15) is 0 Å². The monoisotopic (exact) mass is 472 g/mol. The fourth-order valence-electron chi connectivity index (χ4n) is 9.39. The molecule has 192 valence electrons. The van der Waals surface area contributed by atoms with E-state index in [0.717, 1.165) is 51.4 Å². The van der Waals surface area contributed by atoms with Crippen molar-refractivity contribution in [3.05, 3.63) is 22.8 Å². The minimum Gasteiger partial charge on any atom is -0.481 e. The van der Waals surface area contributed by atoms with Crippen molar-refractivity contribution in [1.29, 1.82) is 0 Å². The minimum absolute atomic E-state index is 0.0185. The zero-order chi connectivity index (χ0) is 25.3. The largest absolute Gasteiger partial charge is 0.481 e. The van der Waals surface area contributed by atoms with E-state index < -0.39 is 17.5 Å². The van der Waals surface area contributed by atoms with E-state index in [-0.39, 0.29) is 34.2 Å². The van der Waals surface area contributed by atoms with Crippen molar-refractivity contribution in [2.75, 3.05) is 0 Å². The van der Waals surface area contributed by atoms with Crippen molar-refractivity contribution in [3.63, 3.8) is 0 Å². The number of rotatable bonds is 5. The summed E-state index contributed by atoms with van der Waals surface area (Å²) in [4.78, 5) is 12.4. The second-order valence-corrected chi connectivity index (χ2v) is 13.4. The first-order valence-electron chi connectivity index (χ1n) is 13.7. The molecule has 34 heavy (non-hydrogen) atoms. The average molecular weight is 473 g/mol. The molecule has 9 atom stereocenters. The maximum atomic E-state index is 12.4. The Balaban J connectivity index is 1.69. The number of carboxylic acid groups (broad SMARTS) is 1. The number of carbonyl (C=O) groups is 1. The number of hydrogen-bond donors (Lipinski definition) is 3. The molecule has 4 heteroatoms. The molecule has 2 fully saturated rings. The Bertz CT molecular complexity index is 899. The summed E-state index contributed by atoms with van der Waals surface area (Å²) >= 11 is 0. The number of fused-ring (bicyclic) bond motifs is 4. The van der Waals surface area contributed by atoms with Crippen LogP contribution in [-0.4, -0.2) is 33.5 Å². The highest BCUT2D eigenvalue weighted by molar-refractivity contribution is 5.76. The molecule has 0 radical (unpaired) electrons. The van der Waals surface area contributed by atoms with E-state index >= 15 is 0 Å². The number of aliphatic hydroxyl groups excluding tert-OH is 2. The summed E-state index contributed by atoms with van der Waals surface area (Å²) < 4.78 is 0. The number of allylic oxidation sites excluding steroid dienone is 3. The van der Waals surface area contributed by atoms with Gasteiger partial charge in [-0.1, -0.05) is 50.5 Å². The summed E-state index contributed by atoms with van der Waals surface area (Å²) in [6.45, 7) is 15.5. The highest BCUT2D eigenvalue weighted by Gasteiger charge is 2.65. The van der Waals surface area contributed by atoms with Crippen LogP contribution >= 0.6 is 0 Å². The first kappa shape index (κ1) is 25.9. The van der Waals surface area contributed by atoms with Crippen LogP contribution in [0.2, 0.25) is 0 Å².